The number of sulfonamides is 1. The van der Waals surface area contributed by atoms with Crippen molar-refractivity contribution in [2.24, 2.45) is 5.92 Å². The number of carbonyl (C=O) groups is 1. The number of alkyl halides is 3. The van der Waals surface area contributed by atoms with Gasteiger partial charge in [-0.05, 0) is 43.5 Å². The minimum Gasteiger partial charge on any atom is -0.478 e. The van der Waals surface area contributed by atoms with Crippen LogP contribution in [0.2, 0.25) is 0 Å². The highest BCUT2D eigenvalue weighted by atomic mass is 32.2. The predicted octanol–water partition coefficient (Wildman–Crippen LogP) is 1.86. The summed E-state index contributed by atoms with van der Waals surface area (Å²) in [5, 5.41) is 9.07. The van der Waals surface area contributed by atoms with Crippen molar-refractivity contribution in [2.45, 2.75) is 24.4 Å². The topological polar surface area (TPSA) is 86.7 Å². The molecular weight excluding hydrogens is 361 g/mol. The van der Waals surface area contributed by atoms with E-state index in [-0.39, 0.29) is 36.0 Å². The van der Waals surface area contributed by atoms with Gasteiger partial charge < -0.3 is 5.11 Å². The molecule has 0 aliphatic carbocycles. The maximum absolute atomic E-state index is 12.4. The number of hydrogen-bond acceptors (Lipinski definition) is 4. The van der Waals surface area contributed by atoms with Gasteiger partial charge in [0.05, 0.1) is 17.0 Å². The number of nitrogens with zero attached hydrogens (tertiary/aromatic N) is 1. The smallest absolute Gasteiger partial charge is 0.401 e. The molecule has 1 aromatic carbocycles. The molecule has 2 rings (SSSR count). The van der Waals surface area contributed by atoms with Gasteiger partial charge in [-0.15, -0.1) is 0 Å². The molecule has 1 heterocycles. The average Bonchev–Trinajstić information content (AvgIpc) is 2.90. The summed E-state index contributed by atoms with van der Waals surface area (Å²) in [4.78, 5) is 12.2. The van der Waals surface area contributed by atoms with Gasteiger partial charge in [-0.3, -0.25) is 4.90 Å². The summed E-state index contributed by atoms with van der Waals surface area (Å²) >= 11 is 0. The van der Waals surface area contributed by atoms with E-state index in [1.807, 2.05) is 0 Å². The summed E-state index contributed by atoms with van der Waals surface area (Å²) in [6, 6.07) is 3.78. The van der Waals surface area contributed by atoms with E-state index in [0.717, 1.165) is 6.07 Å². The fourth-order valence-corrected chi connectivity index (χ4v) is 3.93. The van der Waals surface area contributed by atoms with Gasteiger partial charge in [-0.25, -0.2) is 17.9 Å². The van der Waals surface area contributed by atoms with Crippen LogP contribution in [0.5, 0.6) is 0 Å². The number of carboxylic acids is 1. The Labute approximate surface area is 143 Å². The Kier molecular flexibility index (Phi) is 5.75. The van der Waals surface area contributed by atoms with Gasteiger partial charge in [0.15, 0.2) is 0 Å². The highest BCUT2D eigenvalue weighted by Gasteiger charge is 2.34. The highest BCUT2D eigenvalue weighted by Crippen LogP contribution is 2.23. The number of likely N-dealkylation sites (tertiary alicyclic amines) is 1. The average molecular weight is 380 g/mol. The number of carboxylic acid groups (broad SMARTS) is 1. The van der Waals surface area contributed by atoms with Gasteiger partial charge in [-0.2, -0.15) is 13.2 Å². The van der Waals surface area contributed by atoms with Crippen LogP contribution in [0.3, 0.4) is 0 Å². The van der Waals surface area contributed by atoms with E-state index in [0.29, 0.717) is 12.0 Å². The lowest BCUT2D eigenvalue weighted by Crippen LogP contribution is -2.34. The van der Waals surface area contributed by atoms with Gasteiger partial charge >= 0.3 is 12.1 Å². The van der Waals surface area contributed by atoms with Gasteiger partial charge in [0.1, 0.15) is 0 Å². The zero-order valence-corrected chi connectivity index (χ0v) is 14.3. The number of nitrogens with one attached hydrogen (secondary N) is 1. The number of aromatic carboxylic acids is 1. The second-order valence-corrected chi connectivity index (χ2v) is 7.91. The number of benzene rings is 1. The molecular formula is C15H19F3N2O4S. The molecule has 1 aliphatic heterocycles. The summed E-state index contributed by atoms with van der Waals surface area (Å²) in [7, 11) is -3.93. The van der Waals surface area contributed by atoms with Crippen molar-refractivity contribution in [2.75, 3.05) is 26.2 Å². The quantitative estimate of drug-likeness (QED) is 0.787. The molecule has 1 atom stereocenters. The van der Waals surface area contributed by atoms with E-state index in [4.69, 9.17) is 5.11 Å². The van der Waals surface area contributed by atoms with Crippen molar-refractivity contribution in [3.8, 4) is 0 Å². The molecule has 0 saturated carbocycles. The van der Waals surface area contributed by atoms with Crippen LogP contribution in [0.25, 0.3) is 0 Å². The standard InChI is InChI=1S/C15H19F3N2O4S/c1-10-2-3-12(6-13(10)14(21)22)25(23,24)19-7-11-4-5-20(8-11)9-15(16,17)18/h2-3,6,11,19H,4-5,7-9H2,1H3,(H,21,22). The Bertz CT molecular complexity index is 750. The second kappa shape index (κ2) is 7.30. The second-order valence-electron chi connectivity index (χ2n) is 6.14. The van der Waals surface area contributed by atoms with Gasteiger partial charge in [0.25, 0.3) is 0 Å². The molecule has 0 amide bonds. The monoisotopic (exact) mass is 380 g/mol. The van der Waals surface area contributed by atoms with Crippen LogP contribution >= 0.6 is 0 Å². The Morgan fingerprint density at radius 3 is 2.68 bits per heavy atom. The van der Waals surface area contributed by atoms with E-state index in [1.165, 1.54) is 17.0 Å². The summed E-state index contributed by atoms with van der Waals surface area (Å²) in [6.45, 7) is 0.986. The van der Waals surface area contributed by atoms with E-state index in [9.17, 15) is 26.4 Å². The lowest BCUT2D eigenvalue weighted by Gasteiger charge is -2.18. The zero-order valence-electron chi connectivity index (χ0n) is 13.5. The molecule has 0 aromatic heterocycles. The number of rotatable bonds is 6. The van der Waals surface area contributed by atoms with Crippen LogP contribution in [-0.4, -0.2) is 56.7 Å². The molecule has 2 N–H and O–H groups in total. The normalized spacial score (nSPS) is 19.3. The molecule has 1 aromatic rings. The zero-order chi connectivity index (χ0) is 18.8. The molecule has 1 unspecified atom stereocenters. The van der Waals surface area contributed by atoms with Crippen molar-refractivity contribution >= 4 is 16.0 Å². The SMILES string of the molecule is Cc1ccc(S(=O)(=O)NCC2CCN(CC(F)(F)F)C2)cc1C(=O)O. The van der Waals surface area contributed by atoms with Crippen molar-refractivity contribution in [3.63, 3.8) is 0 Å². The van der Waals surface area contributed by atoms with E-state index >= 15 is 0 Å². The van der Waals surface area contributed by atoms with E-state index < -0.39 is 28.7 Å². The van der Waals surface area contributed by atoms with E-state index in [2.05, 4.69) is 4.72 Å². The molecule has 0 spiro atoms. The Hall–Kier alpha value is -1.65. The third-order valence-electron chi connectivity index (χ3n) is 4.08. The molecule has 10 heteroatoms. The Morgan fingerprint density at radius 1 is 1.40 bits per heavy atom. The first kappa shape index (κ1) is 19.7. The third-order valence-corrected chi connectivity index (χ3v) is 5.51. The van der Waals surface area contributed by atoms with Gasteiger partial charge in [-0.1, -0.05) is 6.07 Å². The Morgan fingerprint density at radius 2 is 2.08 bits per heavy atom. The van der Waals surface area contributed by atoms with Crippen molar-refractivity contribution in [1.29, 1.82) is 0 Å². The molecule has 140 valence electrons. The van der Waals surface area contributed by atoms with E-state index in [1.54, 1.807) is 6.92 Å². The fraction of sp³-hybridized carbons (Fsp3) is 0.533. The molecule has 0 radical (unpaired) electrons. The summed E-state index contributed by atoms with van der Waals surface area (Å²) in [5.74, 6) is -1.45. The maximum Gasteiger partial charge on any atom is 0.401 e. The fourth-order valence-electron chi connectivity index (χ4n) is 2.79. The molecule has 0 bridgehead atoms. The summed E-state index contributed by atoms with van der Waals surface area (Å²) in [6.07, 6.45) is -3.81. The summed E-state index contributed by atoms with van der Waals surface area (Å²) in [5.41, 5.74) is 0.324. The number of hydrogen-bond donors (Lipinski definition) is 2. The van der Waals surface area contributed by atoms with Crippen LogP contribution in [0.1, 0.15) is 22.3 Å². The predicted molar refractivity (Wildman–Crippen MR) is 83.9 cm³/mol. The largest absolute Gasteiger partial charge is 0.478 e. The molecule has 1 fully saturated rings. The van der Waals surface area contributed by atoms with Crippen molar-refractivity contribution in [3.05, 3.63) is 29.3 Å². The van der Waals surface area contributed by atoms with Crippen LogP contribution in [0, 0.1) is 12.8 Å². The minimum atomic E-state index is -4.27. The maximum atomic E-state index is 12.4. The van der Waals surface area contributed by atoms with Gasteiger partial charge in [0, 0.05) is 13.1 Å². The number of aryl methyl sites for hydroxylation is 1. The lowest BCUT2D eigenvalue weighted by molar-refractivity contribution is -0.143. The minimum absolute atomic E-state index is 0.00692. The van der Waals surface area contributed by atoms with Crippen LogP contribution in [-0.2, 0) is 10.0 Å². The molecule has 6 nitrogen and oxygen atoms in total. The highest BCUT2D eigenvalue weighted by molar-refractivity contribution is 7.89. The lowest BCUT2D eigenvalue weighted by atomic mass is 10.1. The van der Waals surface area contributed by atoms with Crippen LogP contribution in [0.4, 0.5) is 13.2 Å². The summed E-state index contributed by atoms with van der Waals surface area (Å²) < 4.78 is 64.0. The first-order chi connectivity index (χ1) is 11.5. The first-order valence-corrected chi connectivity index (χ1v) is 9.09. The van der Waals surface area contributed by atoms with Crippen LogP contribution in [0.15, 0.2) is 23.1 Å². The molecule has 1 saturated heterocycles. The Balaban J connectivity index is 1.99. The van der Waals surface area contributed by atoms with Crippen molar-refractivity contribution in [1.82, 2.24) is 9.62 Å². The molecule has 25 heavy (non-hydrogen) atoms. The van der Waals surface area contributed by atoms with Crippen LogP contribution < -0.4 is 4.72 Å². The first-order valence-electron chi connectivity index (χ1n) is 7.60. The third kappa shape index (κ3) is 5.41. The number of halogens is 3. The molecule has 1 aliphatic rings. The van der Waals surface area contributed by atoms with Gasteiger partial charge in [0.2, 0.25) is 10.0 Å². The van der Waals surface area contributed by atoms with Crippen molar-refractivity contribution < 1.29 is 31.5 Å².